The second-order valence-electron chi connectivity index (χ2n) is 2.70. The normalized spacial score (nSPS) is 13.9. The van der Waals surface area contributed by atoms with Gasteiger partial charge in [-0.05, 0) is 5.25 Å². The lowest BCUT2D eigenvalue weighted by atomic mass is 10.4. The summed E-state index contributed by atoms with van der Waals surface area (Å²) in [5.74, 6) is 6.30. The minimum atomic E-state index is 0.271. The van der Waals surface area contributed by atoms with Crippen molar-refractivity contribution in [3.63, 3.8) is 0 Å². The Labute approximate surface area is 73.0 Å². The molecule has 0 aromatic rings. The lowest BCUT2D eigenvalue weighted by Crippen LogP contribution is -2.40. The fourth-order valence-electron chi connectivity index (χ4n) is 0.654. The van der Waals surface area contributed by atoms with Gasteiger partial charge in [0, 0.05) is 12.9 Å². The highest BCUT2D eigenvalue weighted by atomic mass is 32.2. The van der Waals surface area contributed by atoms with Crippen LogP contribution in [0.5, 0.6) is 0 Å². The van der Waals surface area contributed by atoms with Gasteiger partial charge < -0.3 is 4.74 Å². The third-order valence-electron chi connectivity index (χ3n) is 1.23. The van der Waals surface area contributed by atoms with E-state index < -0.39 is 0 Å². The molecule has 0 aromatic carbocycles. The minimum absolute atomic E-state index is 0.271. The quantitative estimate of drug-likeness (QED) is 0.462. The van der Waals surface area contributed by atoms with Crippen LogP contribution in [0.25, 0.3) is 0 Å². The zero-order valence-electron chi connectivity index (χ0n) is 7.46. The summed E-state index contributed by atoms with van der Waals surface area (Å²) in [5, 5.41) is 0.655. The Kier molecular flexibility index (Phi) is 7.06. The summed E-state index contributed by atoms with van der Waals surface area (Å²) in [7, 11) is 1.68. The molecule has 4 heteroatoms. The monoisotopic (exact) mass is 178 g/mol. The number of rotatable bonds is 6. The van der Waals surface area contributed by atoms with Crippen LogP contribution >= 0.6 is 11.8 Å². The van der Waals surface area contributed by atoms with Crippen LogP contribution in [0.4, 0.5) is 0 Å². The summed E-state index contributed by atoms with van der Waals surface area (Å²) < 4.78 is 4.97. The highest BCUT2D eigenvalue weighted by Crippen LogP contribution is 2.09. The number of nitrogens with one attached hydrogen (secondary N) is 1. The highest BCUT2D eigenvalue weighted by molar-refractivity contribution is 7.99. The fraction of sp³-hybridized carbons (Fsp3) is 1.00. The van der Waals surface area contributed by atoms with Gasteiger partial charge in [-0.15, -0.1) is 0 Å². The first kappa shape index (κ1) is 11.2. The molecular weight excluding hydrogens is 160 g/mol. The molecule has 1 unspecified atom stereocenters. The number of thioether (sulfide) groups is 1. The van der Waals surface area contributed by atoms with Crippen LogP contribution in [0.15, 0.2) is 0 Å². The lowest BCUT2D eigenvalue weighted by Gasteiger charge is -2.15. The van der Waals surface area contributed by atoms with E-state index in [1.54, 1.807) is 7.11 Å². The van der Waals surface area contributed by atoms with Gasteiger partial charge in [-0.1, -0.05) is 13.8 Å². The molecule has 0 saturated heterocycles. The molecule has 0 aliphatic heterocycles. The molecule has 0 heterocycles. The van der Waals surface area contributed by atoms with Crippen LogP contribution in [-0.2, 0) is 4.74 Å². The Morgan fingerprint density at radius 1 is 1.55 bits per heavy atom. The van der Waals surface area contributed by atoms with Crippen molar-refractivity contribution in [2.75, 3.05) is 19.5 Å². The first-order valence-corrected chi connectivity index (χ1v) is 4.82. The zero-order chi connectivity index (χ0) is 8.69. The molecule has 0 aromatic heterocycles. The van der Waals surface area contributed by atoms with E-state index in [1.165, 1.54) is 0 Å². The van der Waals surface area contributed by atoms with Crippen molar-refractivity contribution in [1.29, 1.82) is 0 Å². The molecule has 0 spiro atoms. The standard InChI is InChI=1S/C7H18N2OS/c1-6(2)11-5-7(9-8)4-10-3/h6-7,9H,4-5,8H2,1-3H3. The number of hydrogen-bond acceptors (Lipinski definition) is 4. The van der Waals surface area contributed by atoms with Crippen LogP contribution in [-0.4, -0.2) is 30.8 Å². The van der Waals surface area contributed by atoms with Crippen molar-refractivity contribution in [1.82, 2.24) is 5.43 Å². The topological polar surface area (TPSA) is 47.3 Å². The zero-order valence-corrected chi connectivity index (χ0v) is 8.28. The van der Waals surface area contributed by atoms with E-state index in [2.05, 4.69) is 19.3 Å². The number of hydrogen-bond donors (Lipinski definition) is 2. The van der Waals surface area contributed by atoms with E-state index in [0.717, 1.165) is 5.75 Å². The lowest BCUT2D eigenvalue weighted by molar-refractivity contribution is 0.174. The Bertz CT molecular complexity index is 90.5. The number of nitrogens with two attached hydrogens (primary N) is 1. The van der Waals surface area contributed by atoms with E-state index in [1.807, 2.05) is 11.8 Å². The van der Waals surface area contributed by atoms with Gasteiger partial charge in [0.15, 0.2) is 0 Å². The van der Waals surface area contributed by atoms with Gasteiger partial charge in [0.25, 0.3) is 0 Å². The van der Waals surface area contributed by atoms with Crippen LogP contribution in [0, 0.1) is 0 Å². The Morgan fingerprint density at radius 2 is 2.18 bits per heavy atom. The molecule has 3 nitrogen and oxygen atoms in total. The van der Waals surface area contributed by atoms with E-state index in [9.17, 15) is 0 Å². The van der Waals surface area contributed by atoms with Gasteiger partial charge in [0.05, 0.1) is 12.6 Å². The van der Waals surface area contributed by atoms with Crippen molar-refractivity contribution in [2.45, 2.75) is 25.1 Å². The average molecular weight is 178 g/mol. The third-order valence-corrected chi connectivity index (χ3v) is 2.50. The summed E-state index contributed by atoms with van der Waals surface area (Å²) in [4.78, 5) is 0. The van der Waals surface area contributed by atoms with E-state index in [0.29, 0.717) is 11.9 Å². The summed E-state index contributed by atoms with van der Waals surface area (Å²) in [5.41, 5.74) is 2.71. The summed E-state index contributed by atoms with van der Waals surface area (Å²) in [6, 6.07) is 0.271. The summed E-state index contributed by atoms with van der Waals surface area (Å²) in [6.45, 7) is 5.02. The Hall–Kier alpha value is 0.230. The first-order valence-electron chi connectivity index (χ1n) is 3.77. The summed E-state index contributed by atoms with van der Waals surface area (Å²) >= 11 is 1.88. The van der Waals surface area contributed by atoms with E-state index in [-0.39, 0.29) is 6.04 Å². The third kappa shape index (κ3) is 6.62. The molecule has 0 rings (SSSR count). The molecule has 1 atom stereocenters. The smallest absolute Gasteiger partial charge is 0.0637 e. The maximum atomic E-state index is 5.30. The van der Waals surface area contributed by atoms with Gasteiger partial charge in [0.2, 0.25) is 0 Å². The van der Waals surface area contributed by atoms with Crippen LogP contribution in [0.2, 0.25) is 0 Å². The van der Waals surface area contributed by atoms with Gasteiger partial charge in [-0.25, -0.2) is 0 Å². The molecule has 11 heavy (non-hydrogen) atoms. The average Bonchev–Trinajstić information content (AvgIpc) is 1.97. The molecule has 3 N–H and O–H groups in total. The van der Waals surface area contributed by atoms with Gasteiger partial charge in [-0.3, -0.25) is 11.3 Å². The van der Waals surface area contributed by atoms with Gasteiger partial charge >= 0.3 is 0 Å². The minimum Gasteiger partial charge on any atom is -0.383 e. The van der Waals surface area contributed by atoms with Crippen molar-refractivity contribution in [3.8, 4) is 0 Å². The SMILES string of the molecule is COCC(CSC(C)C)NN. The maximum absolute atomic E-state index is 5.30. The molecular formula is C7H18N2OS. The molecule has 0 fully saturated rings. The van der Waals surface area contributed by atoms with E-state index in [4.69, 9.17) is 10.6 Å². The fourth-order valence-corrected chi connectivity index (χ4v) is 1.46. The molecule has 0 saturated carbocycles. The van der Waals surface area contributed by atoms with Crippen molar-refractivity contribution in [3.05, 3.63) is 0 Å². The van der Waals surface area contributed by atoms with E-state index >= 15 is 0 Å². The Balaban J connectivity index is 3.35. The highest BCUT2D eigenvalue weighted by Gasteiger charge is 2.06. The number of methoxy groups -OCH3 is 1. The van der Waals surface area contributed by atoms with Crippen molar-refractivity contribution >= 4 is 11.8 Å². The van der Waals surface area contributed by atoms with Crippen LogP contribution in [0.3, 0.4) is 0 Å². The van der Waals surface area contributed by atoms with Crippen LogP contribution in [0.1, 0.15) is 13.8 Å². The Morgan fingerprint density at radius 3 is 2.55 bits per heavy atom. The first-order chi connectivity index (χ1) is 5.20. The second kappa shape index (κ2) is 6.91. The molecule has 0 aliphatic carbocycles. The second-order valence-corrected chi connectivity index (χ2v) is 4.31. The van der Waals surface area contributed by atoms with Crippen molar-refractivity contribution in [2.24, 2.45) is 5.84 Å². The molecule has 0 aliphatic rings. The predicted molar refractivity (Wildman–Crippen MR) is 50.6 cm³/mol. The van der Waals surface area contributed by atoms with Crippen molar-refractivity contribution < 1.29 is 4.74 Å². The number of hydrazine groups is 1. The maximum Gasteiger partial charge on any atom is 0.0637 e. The largest absolute Gasteiger partial charge is 0.383 e. The summed E-state index contributed by atoms with van der Waals surface area (Å²) in [6.07, 6.45) is 0. The molecule has 0 bridgehead atoms. The van der Waals surface area contributed by atoms with Gasteiger partial charge in [-0.2, -0.15) is 11.8 Å². The van der Waals surface area contributed by atoms with Crippen LogP contribution < -0.4 is 11.3 Å². The number of ether oxygens (including phenoxy) is 1. The molecule has 0 radical (unpaired) electrons. The molecule has 0 amide bonds. The van der Waals surface area contributed by atoms with Gasteiger partial charge in [0.1, 0.15) is 0 Å². The predicted octanol–water partition coefficient (Wildman–Crippen LogP) is 0.606. The molecule has 68 valence electrons.